The highest BCUT2D eigenvalue weighted by atomic mass is 16.3. The maximum absolute atomic E-state index is 9.27. The van der Waals surface area contributed by atoms with Gasteiger partial charge in [-0.3, -0.25) is 0 Å². The second-order valence-corrected chi connectivity index (χ2v) is 4.40. The van der Waals surface area contributed by atoms with Gasteiger partial charge < -0.3 is 15.1 Å². The smallest absolute Gasteiger partial charge is 0.129 e. The van der Waals surface area contributed by atoms with Crippen molar-refractivity contribution in [3.63, 3.8) is 0 Å². The number of nitrogens with zero attached hydrogens (tertiary/aromatic N) is 2. The first-order valence-electron chi connectivity index (χ1n) is 6.71. The SMILES string of the molecule is CCCCN(CCO)c1cc(CO)cc(CC)n1. The molecule has 102 valence electrons. The summed E-state index contributed by atoms with van der Waals surface area (Å²) in [6.07, 6.45) is 3.04. The van der Waals surface area contributed by atoms with Gasteiger partial charge in [0.25, 0.3) is 0 Å². The monoisotopic (exact) mass is 252 g/mol. The Kier molecular flexibility index (Phi) is 6.68. The van der Waals surface area contributed by atoms with E-state index in [-0.39, 0.29) is 13.2 Å². The normalized spacial score (nSPS) is 10.7. The van der Waals surface area contributed by atoms with Gasteiger partial charge >= 0.3 is 0 Å². The van der Waals surface area contributed by atoms with Crippen LogP contribution in [0.25, 0.3) is 0 Å². The van der Waals surface area contributed by atoms with E-state index in [0.29, 0.717) is 6.54 Å². The number of hydrogen-bond donors (Lipinski definition) is 2. The zero-order chi connectivity index (χ0) is 13.4. The van der Waals surface area contributed by atoms with Crippen LogP contribution in [0.1, 0.15) is 37.9 Å². The molecule has 0 aliphatic carbocycles. The third-order valence-electron chi connectivity index (χ3n) is 2.94. The number of aliphatic hydroxyl groups is 2. The average molecular weight is 252 g/mol. The van der Waals surface area contributed by atoms with Crippen LogP contribution in [0.4, 0.5) is 5.82 Å². The number of rotatable bonds is 8. The minimum absolute atomic E-state index is 0.0310. The molecule has 0 unspecified atom stereocenters. The van der Waals surface area contributed by atoms with Crippen LogP contribution in [-0.4, -0.2) is 34.9 Å². The van der Waals surface area contributed by atoms with Crippen LogP contribution in [0.2, 0.25) is 0 Å². The van der Waals surface area contributed by atoms with Gasteiger partial charge in [-0.1, -0.05) is 20.3 Å². The van der Waals surface area contributed by atoms with Crippen LogP contribution >= 0.6 is 0 Å². The zero-order valence-corrected chi connectivity index (χ0v) is 11.4. The molecule has 1 aromatic rings. The van der Waals surface area contributed by atoms with Crippen molar-refractivity contribution in [3.05, 3.63) is 23.4 Å². The summed E-state index contributed by atoms with van der Waals surface area (Å²) in [5.74, 6) is 0.862. The van der Waals surface area contributed by atoms with E-state index in [0.717, 1.165) is 42.9 Å². The summed E-state index contributed by atoms with van der Waals surface area (Å²) in [7, 11) is 0. The molecule has 0 fully saturated rings. The Balaban J connectivity index is 2.93. The lowest BCUT2D eigenvalue weighted by atomic mass is 10.2. The van der Waals surface area contributed by atoms with E-state index in [9.17, 15) is 5.11 Å². The van der Waals surface area contributed by atoms with Crippen LogP contribution < -0.4 is 4.90 Å². The van der Waals surface area contributed by atoms with Crippen molar-refractivity contribution in [2.45, 2.75) is 39.7 Å². The molecule has 0 aliphatic rings. The van der Waals surface area contributed by atoms with Gasteiger partial charge in [-0.25, -0.2) is 4.98 Å². The molecule has 0 aromatic carbocycles. The molecule has 18 heavy (non-hydrogen) atoms. The van der Waals surface area contributed by atoms with Crippen molar-refractivity contribution in [1.29, 1.82) is 0 Å². The third kappa shape index (κ3) is 4.27. The Morgan fingerprint density at radius 1 is 1.17 bits per heavy atom. The van der Waals surface area contributed by atoms with Crippen LogP contribution in [0, 0.1) is 0 Å². The molecule has 0 spiro atoms. The van der Waals surface area contributed by atoms with Gasteiger partial charge in [-0.2, -0.15) is 0 Å². The number of pyridine rings is 1. The molecule has 0 atom stereocenters. The van der Waals surface area contributed by atoms with Crippen LogP contribution in [0.5, 0.6) is 0 Å². The summed E-state index contributed by atoms with van der Waals surface area (Å²) in [5, 5.41) is 18.4. The van der Waals surface area contributed by atoms with Crippen molar-refractivity contribution in [1.82, 2.24) is 4.98 Å². The van der Waals surface area contributed by atoms with Crippen LogP contribution in [-0.2, 0) is 13.0 Å². The van der Waals surface area contributed by atoms with Crippen LogP contribution in [0.15, 0.2) is 12.1 Å². The fraction of sp³-hybridized carbons (Fsp3) is 0.643. The second-order valence-electron chi connectivity index (χ2n) is 4.40. The van der Waals surface area contributed by atoms with Gasteiger partial charge in [0.1, 0.15) is 5.82 Å². The molecule has 1 heterocycles. The fourth-order valence-electron chi connectivity index (χ4n) is 1.88. The van der Waals surface area contributed by atoms with Gasteiger partial charge in [0.2, 0.25) is 0 Å². The number of aromatic nitrogens is 1. The first kappa shape index (κ1) is 14.9. The Morgan fingerprint density at radius 3 is 2.50 bits per heavy atom. The molecule has 0 bridgehead atoms. The van der Waals surface area contributed by atoms with E-state index >= 15 is 0 Å². The number of unbranched alkanes of at least 4 members (excludes halogenated alkanes) is 1. The lowest BCUT2D eigenvalue weighted by molar-refractivity contribution is 0.281. The molecule has 2 N–H and O–H groups in total. The van der Waals surface area contributed by atoms with Gasteiger partial charge in [0.05, 0.1) is 13.2 Å². The minimum atomic E-state index is 0.0310. The fourth-order valence-corrected chi connectivity index (χ4v) is 1.88. The predicted octanol–water partition coefficient (Wildman–Crippen LogP) is 1.74. The van der Waals surface area contributed by atoms with Gasteiger partial charge in [0.15, 0.2) is 0 Å². The maximum Gasteiger partial charge on any atom is 0.129 e. The predicted molar refractivity (Wildman–Crippen MR) is 73.7 cm³/mol. The highest BCUT2D eigenvalue weighted by molar-refractivity contribution is 5.42. The van der Waals surface area contributed by atoms with E-state index in [4.69, 9.17) is 5.11 Å². The molecule has 0 radical (unpaired) electrons. The van der Waals surface area contributed by atoms with Crippen molar-refractivity contribution in [3.8, 4) is 0 Å². The lowest BCUT2D eigenvalue weighted by Gasteiger charge is -2.23. The summed E-state index contributed by atoms with van der Waals surface area (Å²) in [6, 6.07) is 3.84. The lowest BCUT2D eigenvalue weighted by Crippen LogP contribution is -2.29. The Bertz CT molecular complexity index is 333. The summed E-state index contributed by atoms with van der Waals surface area (Å²) in [5.41, 5.74) is 1.87. The molecule has 1 aromatic heterocycles. The Labute approximate surface area is 109 Å². The molecule has 0 saturated heterocycles. The minimum Gasteiger partial charge on any atom is -0.395 e. The zero-order valence-electron chi connectivity index (χ0n) is 11.4. The first-order valence-corrected chi connectivity index (χ1v) is 6.71. The average Bonchev–Trinajstić information content (AvgIpc) is 2.42. The topological polar surface area (TPSA) is 56.6 Å². The molecular weight excluding hydrogens is 228 g/mol. The second kappa shape index (κ2) is 8.06. The summed E-state index contributed by atoms with van der Waals surface area (Å²) in [6.45, 7) is 5.83. The number of aliphatic hydroxyl groups excluding tert-OH is 2. The number of hydrogen-bond acceptors (Lipinski definition) is 4. The highest BCUT2D eigenvalue weighted by Crippen LogP contribution is 2.16. The van der Waals surface area contributed by atoms with Crippen molar-refractivity contribution >= 4 is 5.82 Å². The van der Waals surface area contributed by atoms with Gasteiger partial charge in [-0.05, 0) is 30.5 Å². The van der Waals surface area contributed by atoms with Crippen LogP contribution in [0.3, 0.4) is 0 Å². The van der Waals surface area contributed by atoms with Crippen molar-refractivity contribution in [2.24, 2.45) is 0 Å². The van der Waals surface area contributed by atoms with E-state index < -0.39 is 0 Å². The molecule has 0 aliphatic heterocycles. The van der Waals surface area contributed by atoms with E-state index in [1.54, 1.807) is 0 Å². The molecule has 4 heteroatoms. The van der Waals surface area contributed by atoms with Crippen molar-refractivity contribution < 1.29 is 10.2 Å². The van der Waals surface area contributed by atoms with E-state index in [1.807, 2.05) is 12.1 Å². The molecule has 4 nitrogen and oxygen atoms in total. The third-order valence-corrected chi connectivity index (χ3v) is 2.94. The first-order chi connectivity index (χ1) is 8.74. The maximum atomic E-state index is 9.27. The number of aryl methyl sites for hydroxylation is 1. The van der Waals surface area contributed by atoms with E-state index in [1.165, 1.54) is 0 Å². The quantitative estimate of drug-likeness (QED) is 0.740. The van der Waals surface area contributed by atoms with Crippen molar-refractivity contribution in [2.75, 3.05) is 24.6 Å². The Morgan fingerprint density at radius 2 is 1.94 bits per heavy atom. The summed E-state index contributed by atoms with van der Waals surface area (Å²) < 4.78 is 0. The highest BCUT2D eigenvalue weighted by Gasteiger charge is 2.09. The summed E-state index contributed by atoms with van der Waals surface area (Å²) >= 11 is 0. The number of anilines is 1. The van der Waals surface area contributed by atoms with Gasteiger partial charge in [-0.15, -0.1) is 0 Å². The molecule has 0 saturated carbocycles. The molecule has 1 rings (SSSR count). The standard InChI is InChI=1S/C14H24N2O2/c1-3-5-6-16(7-8-17)14-10-12(11-18)9-13(4-2)15-14/h9-10,17-18H,3-8,11H2,1-2H3. The summed E-state index contributed by atoms with van der Waals surface area (Å²) in [4.78, 5) is 6.66. The molecule has 0 amide bonds. The largest absolute Gasteiger partial charge is 0.395 e. The van der Waals surface area contributed by atoms with E-state index in [2.05, 4.69) is 23.7 Å². The van der Waals surface area contributed by atoms with Gasteiger partial charge in [0, 0.05) is 18.8 Å². The Hall–Kier alpha value is -1.13. The molecular formula is C14H24N2O2.